The van der Waals surface area contributed by atoms with E-state index in [1.807, 2.05) is 31.3 Å². The molecule has 1 unspecified atom stereocenters. The minimum atomic E-state index is -1.54. The highest BCUT2D eigenvalue weighted by Gasteiger charge is 2.40. The number of halogens is 2. The molecule has 9 heteroatoms. The fourth-order valence-electron chi connectivity index (χ4n) is 5.91. The second kappa shape index (κ2) is 12.6. The number of allylic oxidation sites excluding steroid dienone is 2. The van der Waals surface area contributed by atoms with Crippen molar-refractivity contribution in [3.63, 3.8) is 0 Å². The molecule has 7 nitrogen and oxygen atoms in total. The monoisotopic (exact) mass is 543 g/mol. The summed E-state index contributed by atoms with van der Waals surface area (Å²) in [4.78, 5) is 4.42. The predicted molar refractivity (Wildman–Crippen MR) is 152 cm³/mol. The van der Waals surface area contributed by atoms with E-state index in [1.54, 1.807) is 14.0 Å². The number of rotatable bonds is 13. The van der Waals surface area contributed by atoms with E-state index < -0.39 is 5.67 Å². The Morgan fingerprint density at radius 2 is 2.10 bits per heavy atom. The zero-order valence-electron chi connectivity index (χ0n) is 23.9. The summed E-state index contributed by atoms with van der Waals surface area (Å²) in [6.45, 7) is 12.7. The Morgan fingerprint density at radius 1 is 1.33 bits per heavy atom. The molecule has 1 aromatic carbocycles. The summed E-state index contributed by atoms with van der Waals surface area (Å²) in [7, 11) is 3.17. The smallest absolute Gasteiger partial charge is 0.144 e. The zero-order chi connectivity index (χ0) is 28.2. The number of H-pyrrole nitrogens is 1. The number of fused-ring (bicyclic) bond motifs is 3. The number of hydrogen-bond acceptors (Lipinski definition) is 6. The van der Waals surface area contributed by atoms with Crippen LogP contribution in [0.25, 0.3) is 10.9 Å². The van der Waals surface area contributed by atoms with Gasteiger partial charge in [-0.05, 0) is 50.8 Å². The number of ether oxygens (including phenoxy) is 2. The third-order valence-corrected chi connectivity index (χ3v) is 7.82. The van der Waals surface area contributed by atoms with Crippen LogP contribution in [-0.2, 0) is 15.9 Å². The average Bonchev–Trinajstić information content (AvgIpc) is 3.36. The van der Waals surface area contributed by atoms with Crippen LogP contribution < -0.4 is 5.32 Å². The van der Waals surface area contributed by atoms with E-state index in [2.05, 4.69) is 44.9 Å². The number of aromatic nitrogens is 2. The van der Waals surface area contributed by atoms with Gasteiger partial charge in [0.05, 0.1) is 44.2 Å². The van der Waals surface area contributed by atoms with Crippen molar-refractivity contribution in [1.82, 2.24) is 25.3 Å². The largest absolute Gasteiger partial charge is 0.496 e. The molecule has 0 amide bonds. The van der Waals surface area contributed by atoms with Crippen molar-refractivity contribution in [1.29, 1.82) is 0 Å². The molecule has 2 aliphatic rings. The maximum absolute atomic E-state index is 15.6. The molecule has 39 heavy (non-hydrogen) atoms. The van der Waals surface area contributed by atoms with Crippen LogP contribution >= 0.6 is 0 Å². The van der Waals surface area contributed by atoms with Gasteiger partial charge in [0.25, 0.3) is 0 Å². The van der Waals surface area contributed by atoms with Gasteiger partial charge < -0.3 is 14.8 Å². The lowest BCUT2D eigenvalue weighted by Gasteiger charge is -2.45. The summed E-state index contributed by atoms with van der Waals surface area (Å²) >= 11 is 0. The molecule has 2 aromatic rings. The molecule has 2 aliphatic heterocycles. The van der Waals surface area contributed by atoms with Gasteiger partial charge in [-0.15, -0.1) is 0 Å². The molecule has 0 spiro atoms. The lowest BCUT2D eigenvalue weighted by Crippen LogP contribution is -2.57. The SMILES string of the molecule is C=C(/C(=C\C(=C/C)NC1CN(CCCF)C1)OC)[C@@H]1c2ccc3[nH]ncc3c2C[C@@H](C)N1CC(C)(F)COC. The van der Waals surface area contributed by atoms with Gasteiger partial charge in [0.15, 0.2) is 0 Å². The van der Waals surface area contributed by atoms with Crippen LogP contribution in [0.1, 0.15) is 44.4 Å². The third kappa shape index (κ3) is 6.53. The van der Waals surface area contributed by atoms with E-state index in [4.69, 9.17) is 9.47 Å². The Hall–Kier alpha value is -2.75. The van der Waals surface area contributed by atoms with Crippen LogP contribution in [0.5, 0.6) is 0 Å². The average molecular weight is 544 g/mol. The first-order chi connectivity index (χ1) is 18.7. The first-order valence-corrected chi connectivity index (χ1v) is 13.8. The summed E-state index contributed by atoms with van der Waals surface area (Å²) in [5.41, 5.74) is 3.42. The van der Waals surface area contributed by atoms with Gasteiger partial charge in [0, 0.05) is 62.1 Å². The topological polar surface area (TPSA) is 65.7 Å². The summed E-state index contributed by atoms with van der Waals surface area (Å²) in [5, 5.41) is 12.0. The van der Waals surface area contributed by atoms with Crippen LogP contribution in [0.3, 0.4) is 0 Å². The number of hydrogen-bond donors (Lipinski definition) is 2. The van der Waals surface area contributed by atoms with Crippen molar-refractivity contribution in [3.05, 3.63) is 65.2 Å². The zero-order valence-corrected chi connectivity index (χ0v) is 23.9. The highest BCUT2D eigenvalue weighted by atomic mass is 19.1. The fourth-order valence-corrected chi connectivity index (χ4v) is 5.91. The van der Waals surface area contributed by atoms with Crippen molar-refractivity contribution >= 4 is 10.9 Å². The second-order valence-corrected chi connectivity index (χ2v) is 11.1. The van der Waals surface area contributed by atoms with E-state index in [0.717, 1.165) is 53.8 Å². The minimum absolute atomic E-state index is 0.00634. The van der Waals surface area contributed by atoms with E-state index in [-0.39, 0.29) is 31.9 Å². The Balaban J connectivity index is 1.64. The number of nitrogens with one attached hydrogen (secondary N) is 2. The van der Waals surface area contributed by atoms with Gasteiger partial charge in [0.2, 0.25) is 0 Å². The first-order valence-electron chi connectivity index (χ1n) is 13.8. The number of benzene rings is 1. The number of aromatic amines is 1. The van der Waals surface area contributed by atoms with Gasteiger partial charge in [0.1, 0.15) is 11.4 Å². The Labute approximate surface area is 230 Å². The van der Waals surface area contributed by atoms with Crippen molar-refractivity contribution in [2.75, 3.05) is 53.7 Å². The molecule has 3 heterocycles. The molecule has 4 rings (SSSR count). The van der Waals surface area contributed by atoms with Crippen LogP contribution in [0.2, 0.25) is 0 Å². The number of alkyl halides is 2. The van der Waals surface area contributed by atoms with E-state index in [9.17, 15) is 4.39 Å². The van der Waals surface area contributed by atoms with Gasteiger partial charge in [-0.1, -0.05) is 18.7 Å². The van der Waals surface area contributed by atoms with Crippen LogP contribution in [-0.4, -0.2) is 91.4 Å². The van der Waals surface area contributed by atoms with Gasteiger partial charge in [-0.2, -0.15) is 5.10 Å². The van der Waals surface area contributed by atoms with Crippen molar-refractivity contribution < 1.29 is 18.3 Å². The van der Waals surface area contributed by atoms with E-state index >= 15 is 4.39 Å². The number of nitrogens with zero attached hydrogens (tertiary/aromatic N) is 3. The third-order valence-electron chi connectivity index (χ3n) is 7.82. The molecule has 0 radical (unpaired) electrons. The minimum Gasteiger partial charge on any atom is -0.496 e. The maximum Gasteiger partial charge on any atom is 0.144 e. The number of methoxy groups -OCH3 is 2. The molecular weight excluding hydrogens is 500 g/mol. The molecular formula is C30H43F2N5O2. The maximum atomic E-state index is 15.6. The van der Waals surface area contributed by atoms with Gasteiger partial charge >= 0.3 is 0 Å². The molecule has 1 saturated heterocycles. The van der Waals surface area contributed by atoms with Crippen molar-refractivity contribution in [2.24, 2.45) is 0 Å². The Kier molecular flexibility index (Phi) is 9.46. The normalized spacial score (nSPS) is 22.8. The summed E-state index contributed by atoms with van der Waals surface area (Å²) < 4.78 is 39.2. The molecule has 2 N–H and O–H groups in total. The molecule has 0 saturated carbocycles. The summed E-state index contributed by atoms with van der Waals surface area (Å²) in [5.74, 6) is 0.638. The summed E-state index contributed by atoms with van der Waals surface area (Å²) in [6.07, 6.45) is 7.20. The van der Waals surface area contributed by atoms with Crippen LogP contribution in [0.15, 0.2) is 54.1 Å². The van der Waals surface area contributed by atoms with Crippen molar-refractivity contribution in [3.8, 4) is 0 Å². The first kappa shape index (κ1) is 29.2. The van der Waals surface area contributed by atoms with Crippen LogP contribution in [0, 0.1) is 0 Å². The molecule has 1 fully saturated rings. The number of likely N-dealkylation sites (tertiary alicyclic amines) is 1. The highest BCUT2D eigenvalue weighted by Crippen LogP contribution is 2.43. The van der Waals surface area contributed by atoms with Crippen LogP contribution in [0.4, 0.5) is 8.78 Å². The quantitative estimate of drug-likeness (QED) is 0.278. The molecule has 0 aliphatic carbocycles. The Bertz CT molecular complexity index is 1200. The second-order valence-electron chi connectivity index (χ2n) is 11.1. The van der Waals surface area contributed by atoms with E-state index in [0.29, 0.717) is 18.2 Å². The predicted octanol–water partition coefficient (Wildman–Crippen LogP) is 4.85. The molecule has 3 atom stereocenters. The molecule has 0 bridgehead atoms. The Morgan fingerprint density at radius 3 is 2.77 bits per heavy atom. The highest BCUT2D eigenvalue weighted by molar-refractivity contribution is 5.83. The molecule has 214 valence electrons. The lowest BCUT2D eigenvalue weighted by molar-refractivity contribution is 0.00131. The van der Waals surface area contributed by atoms with Crippen molar-refractivity contribution in [2.45, 2.75) is 57.4 Å². The van der Waals surface area contributed by atoms with Gasteiger partial charge in [-0.3, -0.25) is 19.3 Å². The molecule has 1 aromatic heterocycles. The van der Waals surface area contributed by atoms with Gasteiger partial charge in [-0.25, -0.2) is 4.39 Å². The van der Waals surface area contributed by atoms with E-state index in [1.165, 1.54) is 12.7 Å². The fraction of sp³-hybridized carbons (Fsp3) is 0.567. The summed E-state index contributed by atoms with van der Waals surface area (Å²) in [6, 6.07) is 4.17. The lowest BCUT2D eigenvalue weighted by atomic mass is 9.82. The standard InChI is InChI=1S/C30H43F2N5O2/c1-7-22(34-23-16-36(17-23)12-8-11-31)14-28(39-6)21(3)29-24-9-10-27-26(15-33-35-27)25(24)13-20(2)37(29)18-30(4,32)19-38-5/h7,9-10,14-15,20,23,29,34H,3,8,11-13,16-19H2,1-2,4-6H3,(H,33,35)/b22-7+,28-14+/t20-,29-,30?/m1/s1.